The third-order valence-corrected chi connectivity index (χ3v) is 4.26. The molecule has 0 amide bonds. The van der Waals surface area contributed by atoms with E-state index < -0.39 is 0 Å². The first kappa shape index (κ1) is 11.4. The molecular formula is C11H16ClNOS. The Labute approximate surface area is 99.5 Å². The standard InChI is InChI=1S/C11H16ClNOS/c1-13(9-3-2-4-10(9)14)7-8-5-6-11(12)15-8/h5-6,9-10,14H,2-4,7H2,1H3/t9-,10-/m0/s1. The number of hydrogen-bond acceptors (Lipinski definition) is 3. The number of nitrogens with zero attached hydrogens (tertiary/aromatic N) is 1. The maximum Gasteiger partial charge on any atom is 0.0931 e. The molecular weight excluding hydrogens is 230 g/mol. The zero-order valence-corrected chi connectivity index (χ0v) is 10.4. The highest BCUT2D eigenvalue weighted by atomic mass is 35.5. The fourth-order valence-electron chi connectivity index (χ4n) is 2.23. The second-order valence-electron chi connectivity index (χ2n) is 4.19. The maximum atomic E-state index is 9.78. The first-order valence-electron chi connectivity index (χ1n) is 5.29. The van der Waals surface area contributed by atoms with Crippen molar-refractivity contribution in [2.24, 2.45) is 0 Å². The minimum atomic E-state index is -0.148. The van der Waals surface area contributed by atoms with E-state index in [9.17, 15) is 5.11 Å². The fourth-order valence-corrected chi connectivity index (χ4v) is 3.39. The van der Waals surface area contributed by atoms with Crippen molar-refractivity contribution < 1.29 is 5.11 Å². The molecule has 0 unspecified atom stereocenters. The van der Waals surface area contributed by atoms with Gasteiger partial charge in [0.15, 0.2) is 0 Å². The van der Waals surface area contributed by atoms with Crippen molar-refractivity contribution in [1.82, 2.24) is 4.90 Å². The van der Waals surface area contributed by atoms with Gasteiger partial charge in [-0.3, -0.25) is 4.90 Å². The minimum Gasteiger partial charge on any atom is -0.391 e. The van der Waals surface area contributed by atoms with Gasteiger partial charge in [-0.25, -0.2) is 0 Å². The van der Waals surface area contributed by atoms with E-state index in [-0.39, 0.29) is 6.10 Å². The van der Waals surface area contributed by atoms with Crippen molar-refractivity contribution in [2.45, 2.75) is 38.0 Å². The van der Waals surface area contributed by atoms with Crippen molar-refractivity contribution >= 4 is 22.9 Å². The second kappa shape index (κ2) is 4.83. The van der Waals surface area contributed by atoms with Crippen LogP contribution in [0.3, 0.4) is 0 Å². The lowest BCUT2D eigenvalue weighted by molar-refractivity contribution is 0.0830. The Hall–Kier alpha value is -0.0900. The van der Waals surface area contributed by atoms with Gasteiger partial charge in [-0.15, -0.1) is 11.3 Å². The zero-order chi connectivity index (χ0) is 10.8. The van der Waals surface area contributed by atoms with Crippen LogP contribution in [0.5, 0.6) is 0 Å². The Morgan fingerprint density at radius 1 is 1.53 bits per heavy atom. The molecule has 0 saturated heterocycles. The van der Waals surface area contributed by atoms with Gasteiger partial charge in [-0.2, -0.15) is 0 Å². The molecule has 1 saturated carbocycles. The van der Waals surface area contributed by atoms with E-state index in [1.807, 2.05) is 6.07 Å². The molecule has 2 nitrogen and oxygen atoms in total. The normalized spacial score (nSPS) is 26.4. The second-order valence-corrected chi connectivity index (χ2v) is 5.99. The van der Waals surface area contributed by atoms with Crippen LogP contribution in [0.4, 0.5) is 0 Å². The molecule has 1 aliphatic rings. The maximum absolute atomic E-state index is 9.78. The average molecular weight is 246 g/mol. The number of thiophene rings is 1. The summed E-state index contributed by atoms with van der Waals surface area (Å²) < 4.78 is 0.838. The number of likely N-dealkylation sites (N-methyl/N-ethyl adjacent to an activating group) is 1. The molecule has 1 aromatic heterocycles. The van der Waals surface area contributed by atoms with Crippen molar-refractivity contribution in [3.63, 3.8) is 0 Å². The smallest absolute Gasteiger partial charge is 0.0931 e. The van der Waals surface area contributed by atoms with Crippen LogP contribution in [0, 0.1) is 0 Å². The Balaban J connectivity index is 1.94. The molecule has 1 aliphatic carbocycles. The minimum absolute atomic E-state index is 0.148. The number of aliphatic hydroxyl groups excluding tert-OH is 1. The van der Waals surface area contributed by atoms with E-state index in [1.165, 1.54) is 4.88 Å². The molecule has 1 N–H and O–H groups in total. The van der Waals surface area contributed by atoms with E-state index in [1.54, 1.807) is 11.3 Å². The summed E-state index contributed by atoms with van der Waals surface area (Å²) >= 11 is 7.50. The fraction of sp³-hybridized carbons (Fsp3) is 0.636. The molecule has 2 rings (SSSR count). The van der Waals surface area contributed by atoms with Crippen molar-refractivity contribution in [3.8, 4) is 0 Å². The van der Waals surface area contributed by atoms with E-state index in [0.717, 1.165) is 30.1 Å². The summed E-state index contributed by atoms with van der Waals surface area (Å²) in [6, 6.07) is 4.32. The first-order valence-corrected chi connectivity index (χ1v) is 6.49. The van der Waals surface area contributed by atoms with E-state index >= 15 is 0 Å². The molecule has 0 aromatic carbocycles. The number of halogens is 1. The molecule has 84 valence electrons. The lowest BCUT2D eigenvalue weighted by Gasteiger charge is -2.26. The largest absolute Gasteiger partial charge is 0.391 e. The Morgan fingerprint density at radius 2 is 2.33 bits per heavy atom. The summed E-state index contributed by atoms with van der Waals surface area (Å²) in [4.78, 5) is 3.50. The molecule has 0 bridgehead atoms. The van der Waals surface area contributed by atoms with E-state index in [0.29, 0.717) is 6.04 Å². The molecule has 2 atom stereocenters. The van der Waals surface area contributed by atoms with Crippen LogP contribution < -0.4 is 0 Å². The van der Waals surface area contributed by atoms with Crippen LogP contribution in [-0.4, -0.2) is 29.2 Å². The lowest BCUT2D eigenvalue weighted by atomic mass is 10.2. The van der Waals surface area contributed by atoms with Crippen LogP contribution >= 0.6 is 22.9 Å². The third kappa shape index (κ3) is 2.72. The number of aliphatic hydroxyl groups is 1. The molecule has 1 heterocycles. The highest BCUT2D eigenvalue weighted by Gasteiger charge is 2.28. The molecule has 0 radical (unpaired) electrons. The third-order valence-electron chi connectivity index (χ3n) is 3.04. The molecule has 0 spiro atoms. The van der Waals surface area contributed by atoms with Gasteiger partial charge in [-0.05, 0) is 38.4 Å². The predicted octanol–water partition coefficient (Wildman–Crippen LogP) is 2.75. The van der Waals surface area contributed by atoms with Gasteiger partial charge in [0.1, 0.15) is 0 Å². The topological polar surface area (TPSA) is 23.5 Å². The summed E-state index contributed by atoms with van der Waals surface area (Å²) in [6.07, 6.45) is 3.05. The van der Waals surface area contributed by atoms with E-state index in [2.05, 4.69) is 18.0 Å². The average Bonchev–Trinajstić information content (AvgIpc) is 2.75. The molecule has 4 heteroatoms. The van der Waals surface area contributed by atoms with Crippen LogP contribution in [-0.2, 0) is 6.54 Å². The van der Waals surface area contributed by atoms with Gasteiger partial charge in [0.2, 0.25) is 0 Å². The quantitative estimate of drug-likeness (QED) is 0.885. The monoisotopic (exact) mass is 245 g/mol. The summed E-state index contributed by atoms with van der Waals surface area (Å²) in [7, 11) is 2.08. The summed E-state index contributed by atoms with van der Waals surface area (Å²) in [5.41, 5.74) is 0. The van der Waals surface area contributed by atoms with Crippen LogP contribution in [0.1, 0.15) is 24.1 Å². The number of rotatable bonds is 3. The van der Waals surface area contributed by atoms with Gasteiger partial charge in [0.25, 0.3) is 0 Å². The summed E-state index contributed by atoms with van der Waals surface area (Å²) in [5.74, 6) is 0. The van der Waals surface area contributed by atoms with Crippen LogP contribution in [0.15, 0.2) is 12.1 Å². The van der Waals surface area contributed by atoms with Crippen molar-refractivity contribution in [2.75, 3.05) is 7.05 Å². The Morgan fingerprint density at radius 3 is 2.87 bits per heavy atom. The SMILES string of the molecule is CN(Cc1ccc(Cl)s1)[C@H]1CCC[C@@H]1O. The van der Waals surface area contributed by atoms with Crippen molar-refractivity contribution in [3.05, 3.63) is 21.3 Å². The van der Waals surface area contributed by atoms with Crippen LogP contribution in [0.2, 0.25) is 4.34 Å². The molecule has 15 heavy (non-hydrogen) atoms. The Kier molecular flexibility index (Phi) is 3.67. The zero-order valence-electron chi connectivity index (χ0n) is 8.82. The van der Waals surface area contributed by atoms with Crippen LogP contribution in [0.25, 0.3) is 0 Å². The van der Waals surface area contributed by atoms with Gasteiger partial charge in [-0.1, -0.05) is 11.6 Å². The first-order chi connectivity index (χ1) is 7.16. The predicted molar refractivity (Wildman–Crippen MR) is 64.4 cm³/mol. The molecule has 1 fully saturated rings. The number of hydrogen-bond donors (Lipinski definition) is 1. The molecule has 0 aliphatic heterocycles. The highest BCUT2D eigenvalue weighted by molar-refractivity contribution is 7.16. The summed E-state index contributed by atoms with van der Waals surface area (Å²) in [5, 5.41) is 9.78. The lowest BCUT2D eigenvalue weighted by Crippen LogP contribution is -2.36. The Bertz CT molecular complexity index is 328. The van der Waals surface area contributed by atoms with Gasteiger partial charge < -0.3 is 5.11 Å². The molecule has 1 aromatic rings. The van der Waals surface area contributed by atoms with Gasteiger partial charge in [0, 0.05) is 17.5 Å². The van der Waals surface area contributed by atoms with Gasteiger partial charge in [0.05, 0.1) is 10.4 Å². The van der Waals surface area contributed by atoms with Gasteiger partial charge >= 0.3 is 0 Å². The van der Waals surface area contributed by atoms with Crippen molar-refractivity contribution in [1.29, 1.82) is 0 Å². The summed E-state index contributed by atoms with van der Waals surface area (Å²) in [6.45, 7) is 0.888. The highest BCUT2D eigenvalue weighted by Crippen LogP contribution is 2.27. The van der Waals surface area contributed by atoms with E-state index in [4.69, 9.17) is 11.6 Å².